The van der Waals surface area contributed by atoms with Gasteiger partial charge in [-0.3, -0.25) is 14.4 Å². The van der Waals surface area contributed by atoms with Gasteiger partial charge in [0.2, 0.25) is 0 Å². The van der Waals surface area contributed by atoms with E-state index in [4.69, 9.17) is 10.2 Å². The van der Waals surface area contributed by atoms with E-state index in [9.17, 15) is 14.4 Å². The van der Waals surface area contributed by atoms with E-state index in [1.54, 1.807) is 13.8 Å². The Hall–Kier alpha value is -1.39. The highest BCUT2D eigenvalue weighted by Crippen LogP contribution is 2.22. The normalized spacial score (nSPS) is 19.0. The van der Waals surface area contributed by atoms with E-state index in [-0.39, 0.29) is 18.1 Å². The van der Waals surface area contributed by atoms with Crippen molar-refractivity contribution in [3.8, 4) is 0 Å². The summed E-state index contributed by atoms with van der Waals surface area (Å²) in [7, 11) is 0. The molecule has 0 radical (unpaired) electrons. The molecule has 5 nitrogen and oxygen atoms in total. The van der Waals surface area contributed by atoms with Gasteiger partial charge < -0.3 is 10.2 Å². The molecule has 1 fully saturated rings. The van der Waals surface area contributed by atoms with Gasteiger partial charge in [0.25, 0.3) is 0 Å². The van der Waals surface area contributed by atoms with Gasteiger partial charge in [0.05, 0.1) is 5.92 Å². The Bertz CT molecular complexity index is 231. The van der Waals surface area contributed by atoms with Gasteiger partial charge in [-0.15, -0.1) is 0 Å². The molecule has 0 aromatic rings. The van der Waals surface area contributed by atoms with Crippen molar-refractivity contribution in [1.29, 1.82) is 0 Å². The molecule has 1 atom stereocenters. The zero-order valence-electron chi connectivity index (χ0n) is 7.48. The summed E-state index contributed by atoms with van der Waals surface area (Å²) in [6.45, 7) is 3.28. The predicted molar refractivity (Wildman–Crippen MR) is 43.2 cm³/mol. The fraction of sp³-hybridized carbons (Fsp3) is 0.625. The molecule has 0 aromatic carbocycles. The van der Waals surface area contributed by atoms with Gasteiger partial charge in [-0.25, -0.2) is 0 Å². The maximum absolute atomic E-state index is 9.95. The van der Waals surface area contributed by atoms with Crippen LogP contribution in [0, 0.1) is 11.8 Å². The summed E-state index contributed by atoms with van der Waals surface area (Å²) in [6.07, 6.45) is 0.245. The predicted octanol–water partition coefficient (Wildman–Crippen LogP) is 0.387. The number of hydrogen-bond donors (Lipinski definition) is 2. The van der Waals surface area contributed by atoms with E-state index >= 15 is 0 Å². The molecule has 0 heterocycles. The van der Waals surface area contributed by atoms with Crippen molar-refractivity contribution in [2.75, 3.05) is 0 Å². The Morgan fingerprint density at radius 2 is 1.69 bits per heavy atom. The van der Waals surface area contributed by atoms with Gasteiger partial charge in [-0.2, -0.15) is 0 Å². The summed E-state index contributed by atoms with van der Waals surface area (Å²) >= 11 is 0. The summed E-state index contributed by atoms with van der Waals surface area (Å²) < 4.78 is 0. The molecule has 1 unspecified atom stereocenters. The molecule has 0 amide bonds. The van der Waals surface area contributed by atoms with Crippen molar-refractivity contribution in [1.82, 2.24) is 0 Å². The first kappa shape index (κ1) is 11.6. The van der Waals surface area contributed by atoms with Gasteiger partial charge in [0.15, 0.2) is 0 Å². The molecule has 0 saturated heterocycles. The van der Waals surface area contributed by atoms with Crippen LogP contribution in [0.1, 0.15) is 20.3 Å². The van der Waals surface area contributed by atoms with E-state index in [2.05, 4.69) is 0 Å². The zero-order valence-corrected chi connectivity index (χ0v) is 7.48. The fourth-order valence-corrected chi connectivity index (χ4v) is 0.367. The minimum absolute atomic E-state index is 0.146. The van der Waals surface area contributed by atoms with Crippen LogP contribution in [0.5, 0.6) is 0 Å². The summed E-state index contributed by atoms with van der Waals surface area (Å²) in [6, 6.07) is 0. The third kappa shape index (κ3) is 4.95. The maximum atomic E-state index is 9.95. The number of carboxylic acids is 2. The first-order chi connectivity index (χ1) is 5.86. The first-order valence-electron chi connectivity index (χ1n) is 3.84. The molecule has 1 rings (SSSR count). The van der Waals surface area contributed by atoms with Crippen LogP contribution in [-0.4, -0.2) is 27.9 Å². The SMILES string of the molecule is CC(C)C(=O)O.O=C(O)C1CC1=O. The van der Waals surface area contributed by atoms with E-state index in [1.165, 1.54) is 0 Å². The number of carbonyl (C=O) groups excluding carboxylic acids is 1. The molecule has 1 aliphatic rings. The standard InChI is InChI=1S/C4H4O3.C4H8O2/c5-3-1-2(3)4(6)7;1-3(2)4(5)6/h2H,1H2,(H,6,7);3H,1-2H3,(H,5,6). The Balaban J connectivity index is 0.000000226. The highest BCUT2D eigenvalue weighted by molar-refractivity contribution is 6.11. The number of ketones is 1. The van der Waals surface area contributed by atoms with Crippen molar-refractivity contribution >= 4 is 17.7 Å². The van der Waals surface area contributed by atoms with Crippen molar-refractivity contribution < 1.29 is 24.6 Å². The van der Waals surface area contributed by atoms with Crippen LogP contribution in [0.4, 0.5) is 0 Å². The topological polar surface area (TPSA) is 91.7 Å². The van der Waals surface area contributed by atoms with Crippen molar-refractivity contribution in [2.45, 2.75) is 20.3 Å². The number of carbonyl (C=O) groups is 3. The molecule has 0 spiro atoms. The Kier molecular flexibility index (Phi) is 4.10. The lowest BCUT2D eigenvalue weighted by molar-refractivity contribution is -0.141. The number of rotatable bonds is 2. The molecule has 1 aliphatic carbocycles. The molecular formula is C8H12O5. The number of hydrogen-bond acceptors (Lipinski definition) is 3. The second-order valence-electron chi connectivity index (χ2n) is 3.05. The number of aliphatic carboxylic acids is 2. The highest BCUT2D eigenvalue weighted by Gasteiger charge is 2.41. The van der Waals surface area contributed by atoms with Crippen LogP contribution in [-0.2, 0) is 14.4 Å². The zero-order chi connectivity index (χ0) is 10.6. The Morgan fingerprint density at radius 1 is 1.38 bits per heavy atom. The van der Waals surface area contributed by atoms with E-state index in [0.29, 0.717) is 0 Å². The monoisotopic (exact) mass is 188 g/mol. The summed E-state index contributed by atoms with van der Waals surface area (Å²) in [5.41, 5.74) is 0. The van der Waals surface area contributed by atoms with Crippen molar-refractivity contribution in [3.63, 3.8) is 0 Å². The average molecular weight is 188 g/mol. The summed E-state index contributed by atoms with van der Waals surface area (Å²) in [5.74, 6) is -2.75. The molecule has 13 heavy (non-hydrogen) atoms. The molecule has 1 saturated carbocycles. The molecule has 0 aromatic heterocycles. The van der Waals surface area contributed by atoms with E-state index in [0.717, 1.165) is 0 Å². The molecule has 74 valence electrons. The van der Waals surface area contributed by atoms with Gasteiger partial charge in [0.1, 0.15) is 11.7 Å². The molecule has 2 N–H and O–H groups in total. The van der Waals surface area contributed by atoms with Gasteiger partial charge in [-0.05, 0) is 0 Å². The summed E-state index contributed by atoms with van der Waals surface area (Å²) in [5, 5.41) is 16.0. The molecule has 0 aliphatic heterocycles. The van der Waals surface area contributed by atoms with Crippen LogP contribution in [0.25, 0.3) is 0 Å². The van der Waals surface area contributed by atoms with Crippen LogP contribution >= 0.6 is 0 Å². The lowest BCUT2D eigenvalue weighted by atomic mass is 10.2. The van der Waals surface area contributed by atoms with Crippen LogP contribution < -0.4 is 0 Å². The summed E-state index contributed by atoms with van der Waals surface area (Å²) in [4.78, 5) is 29.4. The van der Waals surface area contributed by atoms with Gasteiger partial charge in [0, 0.05) is 6.42 Å². The van der Waals surface area contributed by atoms with E-state index < -0.39 is 17.9 Å². The van der Waals surface area contributed by atoms with E-state index in [1.807, 2.05) is 0 Å². The second-order valence-corrected chi connectivity index (χ2v) is 3.05. The highest BCUT2D eigenvalue weighted by atomic mass is 16.4. The minimum Gasteiger partial charge on any atom is -0.481 e. The largest absolute Gasteiger partial charge is 0.481 e. The fourth-order valence-electron chi connectivity index (χ4n) is 0.367. The molecule has 5 heteroatoms. The Morgan fingerprint density at radius 3 is 1.69 bits per heavy atom. The third-order valence-corrected chi connectivity index (χ3v) is 1.43. The number of Topliss-reactive ketones (excluding diaryl/α,β-unsaturated/α-hetero) is 1. The quantitative estimate of drug-likeness (QED) is 0.611. The van der Waals surface area contributed by atoms with Crippen LogP contribution in [0.15, 0.2) is 0 Å². The van der Waals surface area contributed by atoms with Crippen molar-refractivity contribution in [2.24, 2.45) is 11.8 Å². The minimum atomic E-state index is -0.981. The van der Waals surface area contributed by atoms with Gasteiger partial charge in [-0.1, -0.05) is 13.8 Å². The lowest BCUT2D eigenvalue weighted by Crippen LogP contribution is -2.03. The molecular weight excluding hydrogens is 176 g/mol. The first-order valence-corrected chi connectivity index (χ1v) is 3.84. The number of carboxylic acid groups (broad SMARTS) is 2. The lowest BCUT2D eigenvalue weighted by Gasteiger charge is -1.89. The smallest absolute Gasteiger partial charge is 0.314 e. The van der Waals surface area contributed by atoms with Crippen LogP contribution in [0.3, 0.4) is 0 Å². The average Bonchev–Trinajstić information content (AvgIpc) is 2.67. The molecule has 0 bridgehead atoms. The van der Waals surface area contributed by atoms with Crippen LogP contribution in [0.2, 0.25) is 0 Å². The maximum Gasteiger partial charge on any atom is 0.314 e. The second kappa shape index (κ2) is 4.59. The van der Waals surface area contributed by atoms with Gasteiger partial charge >= 0.3 is 11.9 Å². The third-order valence-electron chi connectivity index (χ3n) is 1.43. The van der Waals surface area contributed by atoms with Crippen molar-refractivity contribution in [3.05, 3.63) is 0 Å². The Labute approximate surface area is 75.4 Å².